The molecule has 0 N–H and O–H groups in total. The molecule has 1 aromatic carbocycles. The number of amides is 1. The maximum atomic E-state index is 12.1. The van der Waals surface area contributed by atoms with E-state index in [0.717, 1.165) is 13.0 Å². The maximum absolute atomic E-state index is 12.1. The molecule has 0 unspecified atom stereocenters. The summed E-state index contributed by atoms with van der Waals surface area (Å²) in [6.07, 6.45) is 0.857. The van der Waals surface area contributed by atoms with E-state index in [0.29, 0.717) is 12.1 Å². The SMILES string of the molecule is CN(C)CCCN(C)C(=O)c1ccc([N+](=O)[O-])c(Cl)c1. The highest BCUT2D eigenvalue weighted by molar-refractivity contribution is 6.33. The minimum atomic E-state index is -0.572. The van der Waals surface area contributed by atoms with Crippen LogP contribution in [0.1, 0.15) is 16.8 Å². The Balaban J connectivity index is 2.72. The number of carbonyl (C=O) groups excluding carboxylic acids is 1. The normalized spacial score (nSPS) is 10.7. The van der Waals surface area contributed by atoms with Crippen molar-refractivity contribution in [3.05, 3.63) is 38.9 Å². The summed E-state index contributed by atoms with van der Waals surface area (Å²) in [4.78, 5) is 25.9. The summed E-state index contributed by atoms with van der Waals surface area (Å²) in [5.41, 5.74) is 0.159. The number of carbonyl (C=O) groups is 1. The van der Waals surface area contributed by atoms with E-state index in [1.807, 2.05) is 19.0 Å². The van der Waals surface area contributed by atoms with E-state index in [2.05, 4.69) is 0 Å². The molecule has 0 saturated heterocycles. The number of hydrogen-bond donors (Lipinski definition) is 0. The highest BCUT2D eigenvalue weighted by Crippen LogP contribution is 2.25. The smallest absolute Gasteiger partial charge is 0.287 e. The van der Waals surface area contributed by atoms with E-state index in [4.69, 9.17) is 11.6 Å². The summed E-state index contributed by atoms with van der Waals surface area (Å²) >= 11 is 5.80. The number of nitrogens with zero attached hydrogens (tertiary/aromatic N) is 3. The van der Waals surface area contributed by atoms with Crippen molar-refractivity contribution >= 4 is 23.2 Å². The molecular formula is C13H18ClN3O3. The summed E-state index contributed by atoms with van der Waals surface area (Å²) in [6.45, 7) is 1.50. The lowest BCUT2D eigenvalue weighted by atomic mass is 10.2. The fourth-order valence-electron chi connectivity index (χ4n) is 1.73. The third kappa shape index (κ3) is 4.47. The van der Waals surface area contributed by atoms with Gasteiger partial charge in [-0.05, 0) is 39.2 Å². The molecular weight excluding hydrogens is 282 g/mol. The standard InChI is InChI=1S/C13H18ClN3O3/c1-15(2)7-4-8-16(3)13(18)10-5-6-12(17(19)20)11(14)9-10/h5-6,9H,4,7-8H2,1-3H3. The first kappa shape index (κ1) is 16.4. The molecule has 6 nitrogen and oxygen atoms in total. The number of nitro benzene ring substituents is 1. The number of benzene rings is 1. The zero-order valence-corrected chi connectivity index (χ0v) is 12.6. The second-order valence-electron chi connectivity index (χ2n) is 4.81. The molecule has 0 radical (unpaired) electrons. The Morgan fingerprint density at radius 2 is 1.95 bits per heavy atom. The highest BCUT2D eigenvalue weighted by Gasteiger charge is 2.17. The van der Waals surface area contributed by atoms with Crippen molar-refractivity contribution in [2.75, 3.05) is 34.2 Å². The molecule has 110 valence electrons. The van der Waals surface area contributed by atoms with Gasteiger partial charge in [-0.1, -0.05) is 11.6 Å². The second kappa shape index (κ2) is 7.21. The van der Waals surface area contributed by atoms with Crippen LogP contribution in [0, 0.1) is 10.1 Å². The summed E-state index contributed by atoms with van der Waals surface area (Å²) in [7, 11) is 5.64. The molecule has 0 bridgehead atoms. The van der Waals surface area contributed by atoms with E-state index >= 15 is 0 Å². The lowest BCUT2D eigenvalue weighted by Crippen LogP contribution is -2.29. The number of hydrogen-bond acceptors (Lipinski definition) is 4. The summed E-state index contributed by atoms with van der Waals surface area (Å²) in [5.74, 6) is -0.194. The van der Waals surface area contributed by atoms with E-state index in [1.54, 1.807) is 11.9 Å². The Morgan fingerprint density at radius 3 is 2.45 bits per heavy atom. The molecule has 1 rings (SSSR count). The van der Waals surface area contributed by atoms with Crippen LogP contribution in [0.3, 0.4) is 0 Å². The monoisotopic (exact) mass is 299 g/mol. The molecule has 20 heavy (non-hydrogen) atoms. The van der Waals surface area contributed by atoms with Gasteiger partial charge in [-0.15, -0.1) is 0 Å². The van der Waals surface area contributed by atoms with Gasteiger partial charge in [0.25, 0.3) is 11.6 Å². The molecule has 0 aromatic heterocycles. The molecule has 0 heterocycles. The number of halogens is 1. The van der Waals surface area contributed by atoms with Crippen molar-refractivity contribution in [1.82, 2.24) is 9.80 Å². The van der Waals surface area contributed by atoms with Gasteiger partial charge in [0, 0.05) is 25.2 Å². The van der Waals surface area contributed by atoms with Crippen LogP contribution in [0.2, 0.25) is 5.02 Å². The first-order valence-corrected chi connectivity index (χ1v) is 6.55. The van der Waals surface area contributed by atoms with Crippen molar-refractivity contribution in [3.63, 3.8) is 0 Å². The molecule has 0 aliphatic heterocycles. The minimum absolute atomic E-state index is 0.0254. The van der Waals surface area contributed by atoms with Gasteiger partial charge in [0.2, 0.25) is 0 Å². The molecule has 1 aromatic rings. The van der Waals surface area contributed by atoms with Crippen LogP contribution in [-0.4, -0.2) is 54.9 Å². The van der Waals surface area contributed by atoms with Crippen LogP contribution in [0.5, 0.6) is 0 Å². The van der Waals surface area contributed by atoms with Gasteiger partial charge in [0.15, 0.2) is 0 Å². The number of rotatable bonds is 6. The largest absolute Gasteiger partial charge is 0.342 e. The molecule has 0 saturated carbocycles. The maximum Gasteiger partial charge on any atom is 0.287 e. The van der Waals surface area contributed by atoms with Gasteiger partial charge < -0.3 is 9.80 Å². The van der Waals surface area contributed by atoms with Gasteiger partial charge in [-0.25, -0.2) is 0 Å². The van der Waals surface area contributed by atoms with E-state index < -0.39 is 4.92 Å². The lowest BCUT2D eigenvalue weighted by molar-refractivity contribution is -0.384. The average molecular weight is 300 g/mol. The van der Waals surface area contributed by atoms with Crippen molar-refractivity contribution < 1.29 is 9.72 Å². The molecule has 0 spiro atoms. The molecule has 0 aliphatic rings. The Bertz CT molecular complexity index is 506. The van der Waals surface area contributed by atoms with Gasteiger partial charge in [-0.2, -0.15) is 0 Å². The Morgan fingerprint density at radius 1 is 1.30 bits per heavy atom. The number of nitro groups is 1. The quantitative estimate of drug-likeness (QED) is 0.597. The van der Waals surface area contributed by atoms with Crippen molar-refractivity contribution in [3.8, 4) is 0 Å². The topological polar surface area (TPSA) is 66.7 Å². The third-order valence-electron chi connectivity index (χ3n) is 2.84. The summed E-state index contributed by atoms with van der Waals surface area (Å²) in [5, 5.41) is 10.6. The average Bonchev–Trinajstić information content (AvgIpc) is 2.36. The van der Waals surface area contributed by atoms with Crippen molar-refractivity contribution in [1.29, 1.82) is 0 Å². The first-order valence-electron chi connectivity index (χ1n) is 6.17. The fraction of sp³-hybridized carbons (Fsp3) is 0.462. The second-order valence-corrected chi connectivity index (χ2v) is 5.21. The zero-order chi connectivity index (χ0) is 15.3. The predicted octanol–water partition coefficient (Wildman–Crippen LogP) is 2.27. The van der Waals surface area contributed by atoms with Crippen LogP contribution in [0.4, 0.5) is 5.69 Å². The Hall–Kier alpha value is -1.66. The molecule has 1 amide bonds. The highest BCUT2D eigenvalue weighted by atomic mass is 35.5. The lowest BCUT2D eigenvalue weighted by Gasteiger charge is -2.18. The fourth-order valence-corrected chi connectivity index (χ4v) is 1.98. The molecule has 0 atom stereocenters. The van der Waals surface area contributed by atoms with Gasteiger partial charge in [0.1, 0.15) is 5.02 Å². The van der Waals surface area contributed by atoms with Crippen LogP contribution in [-0.2, 0) is 0 Å². The Labute approximate surface area is 123 Å². The first-order chi connectivity index (χ1) is 9.32. The van der Waals surface area contributed by atoms with Gasteiger partial charge in [-0.3, -0.25) is 14.9 Å². The van der Waals surface area contributed by atoms with Crippen molar-refractivity contribution in [2.24, 2.45) is 0 Å². The van der Waals surface area contributed by atoms with E-state index in [1.165, 1.54) is 18.2 Å². The molecule has 0 aliphatic carbocycles. The van der Waals surface area contributed by atoms with Gasteiger partial charge in [0.05, 0.1) is 4.92 Å². The molecule has 7 heteroatoms. The van der Waals surface area contributed by atoms with Crippen LogP contribution >= 0.6 is 11.6 Å². The summed E-state index contributed by atoms with van der Waals surface area (Å²) < 4.78 is 0. The van der Waals surface area contributed by atoms with Gasteiger partial charge >= 0.3 is 0 Å². The molecule has 0 fully saturated rings. The van der Waals surface area contributed by atoms with E-state index in [9.17, 15) is 14.9 Å². The summed E-state index contributed by atoms with van der Waals surface area (Å²) in [6, 6.07) is 4.02. The van der Waals surface area contributed by atoms with Crippen LogP contribution in [0.25, 0.3) is 0 Å². The minimum Gasteiger partial charge on any atom is -0.342 e. The van der Waals surface area contributed by atoms with Crippen molar-refractivity contribution in [2.45, 2.75) is 6.42 Å². The van der Waals surface area contributed by atoms with Crippen LogP contribution in [0.15, 0.2) is 18.2 Å². The van der Waals surface area contributed by atoms with E-state index in [-0.39, 0.29) is 16.6 Å². The Kier molecular flexibility index (Phi) is 5.91. The third-order valence-corrected chi connectivity index (χ3v) is 3.14. The predicted molar refractivity (Wildman–Crippen MR) is 78.2 cm³/mol. The zero-order valence-electron chi connectivity index (χ0n) is 11.8. The van der Waals surface area contributed by atoms with Crippen LogP contribution < -0.4 is 0 Å².